The molecule has 0 radical (unpaired) electrons. The van der Waals surface area contributed by atoms with Gasteiger partial charge in [-0.3, -0.25) is 4.79 Å². The number of pyridine rings is 1. The highest BCUT2D eigenvalue weighted by Crippen LogP contribution is 2.30. The van der Waals surface area contributed by atoms with Crippen molar-refractivity contribution in [2.24, 2.45) is 0 Å². The quantitative estimate of drug-likeness (QED) is 0.135. The minimum absolute atomic E-state index is 0.225. The number of nitrogens with zero attached hydrogens (tertiary/aromatic N) is 1. The molecule has 0 unspecified atom stereocenters. The van der Waals surface area contributed by atoms with E-state index in [0.29, 0.717) is 17.9 Å². The molecule has 0 saturated carbocycles. The van der Waals surface area contributed by atoms with Crippen molar-refractivity contribution in [3.63, 3.8) is 0 Å². The number of allylic oxidation sites excluding steroid dienone is 1. The van der Waals surface area contributed by atoms with E-state index in [1.54, 1.807) is 33.1 Å². The summed E-state index contributed by atoms with van der Waals surface area (Å²) in [5.74, 6) is 0.219. The first-order valence-corrected chi connectivity index (χ1v) is 12.6. The highest BCUT2D eigenvalue weighted by molar-refractivity contribution is 6.10. The fourth-order valence-corrected chi connectivity index (χ4v) is 3.81. The largest absolute Gasteiger partial charge is 0.476 e. The van der Waals surface area contributed by atoms with Crippen molar-refractivity contribution in [3.8, 4) is 11.6 Å². The number of methoxy groups -OCH3 is 1. The smallest absolute Gasteiger partial charge is 0.350 e. The summed E-state index contributed by atoms with van der Waals surface area (Å²) in [6, 6.07) is 13.2. The molecule has 0 fully saturated rings. The average molecular weight is 520 g/mol. The van der Waals surface area contributed by atoms with Crippen molar-refractivity contribution >= 4 is 28.7 Å². The van der Waals surface area contributed by atoms with Gasteiger partial charge in [-0.15, -0.1) is 0 Å². The number of esters is 1. The lowest BCUT2D eigenvalue weighted by molar-refractivity contribution is -0.171. The molecule has 0 atom stereocenters. The van der Waals surface area contributed by atoms with Crippen LogP contribution >= 0.6 is 0 Å². The Kier molecular flexibility index (Phi) is 8.94. The Morgan fingerprint density at radius 3 is 2.24 bits per heavy atom. The molecule has 0 aliphatic carbocycles. The number of carbonyl (C=O) groups is 2. The highest BCUT2D eigenvalue weighted by atomic mass is 16.6. The first-order chi connectivity index (χ1) is 17.8. The van der Waals surface area contributed by atoms with Gasteiger partial charge in [0, 0.05) is 12.5 Å². The third kappa shape index (κ3) is 7.42. The minimum Gasteiger partial charge on any atom is -0.476 e. The van der Waals surface area contributed by atoms with E-state index < -0.39 is 17.2 Å². The third-order valence-corrected chi connectivity index (χ3v) is 5.64. The standard InChI is InChI=1S/C31H37NO6/c1-20-17-22(18-21(2)27(20)37-31(6,7)29(34)38-30(3,4)5)13-14-26(33)24-19-23-11-9-10-12-25(23)32-28(24)36-16-15-35-8/h9-14,17-19H,15-16H2,1-8H3/b14-13+. The number of para-hydroxylation sites is 1. The van der Waals surface area contributed by atoms with Crippen molar-refractivity contribution in [2.45, 2.75) is 59.7 Å². The lowest BCUT2D eigenvalue weighted by atomic mass is 10.0. The van der Waals surface area contributed by atoms with Crippen molar-refractivity contribution in [3.05, 3.63) is 70.8 Å². The number of hydrogen-bond donors (Lipinski definition) is 0. The monoisotopic (exact) mass is 519 g/mol. The van der Waals surface area contributed by atoms with Gasteiger partial charge >= 0.3 is 5.97 Å². The number of rotatable bonds is 10. The molecule has 2 aromatic carbocycles. The Morgan fingerprint density at radius 2 is 1.61 bits per heavy atom. The number of aromatic nitrogens is 1. The Hall–Kier alpha value is -3.71. The van der Waals surface area contributed by atoms with Crippen LogP contribution in [0.1, 0.15) is 61.7 Å². The van der Waals surface area contributed by atoms with Gasteiger partial charge in [0.2, 0.25) is 5.88 Å². The van der Waals surface area contributed by atoms with Crippen LogP contribution < -0.4 is 9.47 Å². The van der Waals surface area contributed by atoms with Crippen molar-refractivity contribution < 1.29 is 28.5 Å². The number of hydrogen-bond acceptors (Lipinski definition) is 7. The van der Waals surface area contributed by atoms with Gasteiger partial charge in [-0.25, -0.2) is 9.78 Å². The van der Waals surface area contributed by atoms with E-state index in [9.17, 15) is 9.59 Å². The molecule has 38 heavy (non-hydrogen) atoms. The average Bonchev–Trinajstić information content (AvgIpc) is 2.83. The van der Waals surface area contributed by atoms with Crippen molar-refractivity contribution in [2.75, 3.05) is 20.3 Å². The van der Waals surface area contributed by atoms with E-state index in [0.717, 1.165) is 27.6 Å². The van der Waals surface area contributed by atoms with Crippen LogP contribution in [0, 0.1) is 13.8 Å². The molecular weight excluding hydrogens is 482 g/mol. The zero-order chi connectivity index (χ0) is 28.1. The molecule has 3 rings (SSSR count). The molecule has 0 N–H and O–H groups in total. The summed E-state index contributed by atoms with van der Waals surface area (Å²) < 4.78 is 22.5. The van der Waals surface area contributed by atoms with Gasteiger partial charge < -0.3 is 18.9 Å². The zero-order valence-corrected chi connectivity index (χ0v) is 23.5. The maximum atomic E-state index is 13.2. The van der Waals surface area contributed by atoms with Crippen LogP contribution in [0.5, 0.6) is 11.6 Å². The Morgan fingerprint density at radius 1 is 0.947 bits per heavy atom. The van der Waals surface area contributed by atoms with Gasteiger partial charge in [0.15, 0.2) is 11.4 Å². The molecule has 7 nitrogen and oxygen atoms in total. The van der Waals surface area contributed by atoms with E-state index in [-0.39, 0.29) is 18.3 Å². The van der Waals surface area contributed by atoms with Gasteiger partial charge in [-0.2, -0.15) is 0 Å². The number of ether oxygens (including phenoxy) is 4. The van der Waals surface area contributed by atoms with Gasteiger partial charge in [0.25, 0.3) is 0 Å². The second-order valence-corrected chi connectivity index (χ2v) is 10.7. The normalized spacial score (nSPS) is 12.1. The van der Waals surface area contributed by atoms with E-state index >= 15 is 0 Å². The molecule has 3 aromatic rings. The summed E-state index contributed by atoms with van der Waals surface area (Å²) >= 11 is 0. The first-order valence-electron chi connectivity index (χ1n) is 12.6. The van der Waals surface area contributed by atoms with Crippen LogP contribution in [0.25, 0.3) is 17.0 Å². The second kappa shape index (κ2) is 11.8. The number of ketones is 1. The summed E-state index contributed by atoms with van der Waals surface area (Å²) in [6.07, 6.45) is 3.26. The topological polar surface area (TPSA) is 84.0 Å². The van der Waals surface area contributed by atoms with Gasteiger partial charge in [-0.05, 0) is 95.5 Å². The van der Waals surface area contributed by atoms with Gasteiger partial charge in [0.05, 0.1) is 17.7 Å². The predicted octanol–water partition coefficient (Wildman–Crippen LogP) is 6.27. The molecule has 0 aliphatic rings. The Bertz CT molecular complexity index is 1330. The summed E-state index contributed by atoms with van der Waals surface area (Å²) in [7, 11) is 1.59. The molecule has 202 valence electrons. The minimum atomic E-state index is -1.17. The zero-order valence-electron chi connectivity index (χ0n) is 23.5. The van der Waals surface area contributed by atoms with E-state index in [1.807, 2.05) is 71.0 Å². The van der Waals surface area contributed by atoms with Crippen LogP contribution in [0.15, 0.2) is 48.5 Å². The molecule has 1 heterocycles. The van der Waals surface area contributed by atoms with Crippen LogP contribution in [0.2, 0.25) is 0 Å². The SMILES string of the molecule is COCCOc1nc2ccccc2cc1C(=O)/C=C/c1cc(C)c(OC(C)(C)C(=O)OC(C)(C)C)c(C)c1. The molecule has 1 aromatic heterocycles. The number of carbonyl (C=O) groups excluding carboxylic acids is 2. The molecule has 0 spiro atoms. The molecule has 0 aliphatic heterocycles. The summed E-state index contributed by atoms with van der Waals surface area (Å²) in [5, 5.41) is 0.851. The van der Waals surface area contributed by atoms with Crippen LogP contribution in [-0.2, 0) is 14.3 Å². The lowest BCUT2D eigenvalue weighted by Crippen LogP contribution is -2.43. The molecule has 0 bridgehead atoms. The maximum absolute atomic E-state index is 13.2. The fraction of sp³-hybridized carbons (Fsp3) is 0.387. The fourth-order valence-electron chi connectivity index (χ4n) is 3.81. The molecule has 0 saturated heterocycles. The van der Waals surface area contributed by atoms with Crippen LogP contribution in [0.3, 0.4) is 0 Å². The molecular formula is C31H37NO6. The first kappa shape index (κ1) is 28.9. The highest BCUT2D eigenvalue weighted by Gasteiger charge is 2.35. The van der Waals surface area contributed by atoms with Crippen LogP contribution in [-0.4, -0.2) is 48.3 Å². The Balaban J connectivity index is 1.84. The second-order valence-electron chi connectivity index (χ2n) is 10.7. The third-order valence-electron chi connectivity index (χ3n) is 5.64. The van der Waals surface area contributed by atoms with E-state index in [1.165, 1.54) is 6.08 Å². The summed E-state index contributed by atoms with van der Waals surface area (Å²) in [6.45, 7) is 13.3. The van der Waals surface area contributed by atoms with Crippen LogP contribution in [0.4, 0.5) is 0 Å². The van der Waals surface area contributed by atoms with Crippen molar-refractivity contribution in [1.29, 1.82) is 0 Å². The van der Waals surface area contributed by atoms with Gasteiger partial charge in [-0.1, -0.05) is 24.3 Å². The molecule has 0 amide bonds. The predicted molar refractivity (Wildman–Crippen MR) is 149 cm³/mol. The summed E-state index contributed by atoms with van der Waals surface area (Å²) in [4.78, 5) is 30.4. The molecule has 7 heteroatoms. The van der Waals surface area contributed by atoms with E-state index in [2.05, 4.69) is 4.98 Å². The van der Waals surface area contributed by atoms with Gasteiger partial charge in [0.1, 0.15) is 18.0 Å². The number of aryl methyl sites for hydroxylation is 2. The van der Waals surface area contributed by atoms with E-state index in [4.69, 9.17) is 18.9 Å². The van der Waals surface area contributed by atoms with Crippen molar-refractivity contribution in [1.82, 2.24) is 4.98 Å². The lowest BCUT2D eigenvalue weighted by Gasteiger charge is -2.30. The summed E-state index contributed by atoms with van der Waals surface area (Å²) in [5.41, 5.74) is 1.84. The maximum Gasteiger partial charge on any atom is 0.350 e. The Labute approximate surface area is 224 Å². The number of benzene rings is 2. The number of fused-ring (bicyclic) bond motifs is 1.